The average molecular weight is 373 g/mol. The zero-order valence-electron chi connectivity index (χ0n) is 14.9. The molecule has 1 heterocycles. The number of benzene rings is 2. The van der Waals surface area contributed by atoms with E-state index in [0.29, 0.717) is 17.3 Å². The van der Waals surface area contributed by atoms with E-state index < -0.39 is 0 Å². The Balaban J connectivity index is 1.65. The molecule has 3 rings (SSSR count). The molecule has 6 heteroatoms. The number of thiocarbonyl (C=S) groups is 1. The van der Waals surface area contributed by atoms with Crippen LogP contribution in [0.25, 0.3) is 0 Å². The second-order valence-corrected chi connectivity index (χ2v) is 6.76. The predicted octanol–water partition coefficient (Wildman–Crippen LogP) is 3.96. The van der Waals surface area contributed by atoms with Crippen molar-refractivity contribution in [3.8, 4) is 5.75 Å². The lowest BCUT2D eigenvalue weighted by atomic mass is 10.1. The van der Waals surface area contributed by atoms with Crippen LogP contribution in [-0.4, -0.2) is 36.8 Å². The molecule has 2 N–H and O–H groups in total. The van der Waals surface area contributed by atoms with Gasteiger partial charge in [-0.2, -0.15) is 0 Å². The number of hydrogen-bond donors (Lipinski definition) is 2. The smallest absolute Gasteiger partial charge is 0.170 e. The number of hydrogen-bond acceptors (Lipinski definition) is 3. The maximum absolute atomic E-state index is 13.8. The van der Waals surface area contributed by atoms with E-state index in [1.54, 1.807) is 25.3 Å². The SMILES string of the molecule is COc1ccc([C@@H](CNC(=S)Nc2ccccc2F)N2CCCC2)cc1. The van der Waals surface area contributed by atoms with Gasteiger partial charge in [0.25, 0.3) is 0 Å². The van der Waals surface area contributed by atoms with Gasteiger partial charge in [-0.15, -0.1) is 0 Å². The Kier molecular flexibility index (Phi) is 6.41. The molecule has 0 amide bonds. The van der Waals surface area contributed by atoms with Crippen LogP contribution in [0.1, 0.15) is 24.4 Å². The lowest BCUT2D eigenvalue weighted by Gasteiger charge is -2.29. The van der Waals surface area contributed by atoms with Crippen LogP contribution in [0.15, 0.2) is 48.5 Å². The van der Waals surface area contributed by atoms with Gasteiger partial charge in [0.2, 0.25) is 0 Å². The summed E-state index contributed by atoms with van der Waals surface area (Å²) >= 11 is 5.35. The van der Waals surface area contributed by atoms with Crippen molar-refractivity contribution in [2.24, 2.45) is 0 Å². The summed E-state index contributed by atoms with van der Waals surface area (Å²) in [7, 11) is 1.67. The summed E-state index contributed by atoms with van der Waals surface area (Å²) < 4.78 is 19.0. The summed E-state index contributed by atoms with van der Waals surface area (Å²) in [6.07, 6.45) is 2.43. The molecule has 138 valence electrons. The van der Waals surface area contributed by atoms with Crippen molar-refractivity contribution in [1.82, 2.24) is 10.2 Å². The first-order valence-electron chi connectivity index (χ1n) is 8.85. The van der Waals surface area contributed by atoms with Crippen LogP contribution in [0.2, 0.25) is 0 Å². The average Bonchev–Trinajstić information content (AvgIpc) is 3.19. The largest absolute Gasteiger partial charge is 0.497 e. The first-order valence-corrected chi connectivity index (χ1v) is 9.25. The van der Waals surface area contributed by atoms with Crippen molar-refractivity contribution < 1.29 is 9.13 Å². The molecule has 0 aromatic heterocycles. The van der Waals surface area contributed by atoms with Crippen LogP contribution in [0.3, 0.4) is 0 Å². The number of ether oxygens (including phenoxy) is 1. The number of likely N-dealkylation sites (tertiary alicyclic amines) is 1. The molecule has 4 nitrogen and oxygen atoms in total. The third kappa shape index (κ3) is 4.71. The molecule has 1 fully saturated rings. The summed E-state index contributed by atoms with van der Waals surface area (Å²) in [6, 6.07) is 14.9. The highest BCUT2D eigenvalue weighted by Crippen LogP contribution is 2.26. The van der Waals surface area contributed by atoms with Gasteiger partial charge in [0.15, 0.2) is 5.11 Å². The van der Waals surface area contributed by atoms with E-state index in [1.165, 1.54) is 24.5 Å². The summed E-state index contributed by atoms with van der Waals surface area (Å²) in [5.41, 5.74) is 1.60. The predicted molar refractivity (Wildman–Crippen MR) is 107 cm³/mol. The minimum atomic E-state index is -0.317. The second-order valence-electron chi connectivity index (χ2n) is 6.35. The maximum atomic E-state index is 13.8. The highest BCUT2D eigenvalue weighted by molar-refractivity contribution is 7.80. The van der Waals surface area contributed by atoms with Gasteiger partial charge in [0.05, 0.1) is 18.8 Å². The zero-order chi connectivity index (χ0) is 18.4. The van der Waals surface area contributed by atoms with Gasteiger partial charge in [0, 0.05) is 6.54 Å². The molecule has 0 aliphatic carbocycles. The van der Waals surface area contributed by atoms with Crippen LogP contribution >= 0.6 is 12.2 Å². The molecule has 0 unspecified atom stereocenters. The number of para-hydroxylation sites is 1. The maximum Gasteiger partial charge on any atom is 0.170 e. The quantitative estimate of drug-likeness (QED) is 0.750. The van der Waals surface area contributed by atoms with E-state index in [9.17, 15) is 4.39 Å². The molecule has 0 saturated carbocycles. The normalized spacial score (nSPS) is 15.5. The number of halogens is 1. The lowest BCUT2D eigenvalue weighted by Crippen LogP contribution is -2.38. The van der Waals surface area contributed by atoms with Crippen molar-refractivity contribution in [1.29, 1.82) is 0 Å². The van der Waals surface area contributed by atoms with E-state index >= 15 is 0 Å². The number of methoxy groups -OCH3 is 1. The van der Waals surface area contributed by atoms with Gasteiger partial charge in [0.1, 0.15) is 11.6 Å². The van der Waals surface area contributed by atoms with Gasteiger partial charge in [-0.1, -0.05) is 24.3 Å². The Labute approximate surface area is 159 Å². The summed E-state index contributed by atoms with van der Waals surface area (Å²) in [5, 5.41) is 6.60. The first kappa shape index (κ1) is 18.6. The fourth-order valence-electron chi connectivity index (χ4n) is 3.26. The molecule has 2 aromatic carbocycles. The van der Waals surface area contributed by atoms with E-state index in [4.69, 9.17) is 17.0 Å². The summed E-state index contributed by atoms with van der Waals surface area (Å²) in [5.74, 6) is 0.529. The lowest BCUT2D eigenvalue weighted by molar-refractivity contribution is 0.246. The van der Waals surface area contributed by atoms with Crippen molar-refractivity contribution in [3.63, 3.8) is 0 Å². The molecule has 1 aliphatic heterocycles. The fraction of sp³-hybridized carbons (Fsp3) is 0.350. The number of anilines is 1. The number of nitrogens with zero attached hydrogens (tertiary/aromatic N) is 1. The van der Waals surface area contributed by atoms with E-state index in [1.807, 2.05) is 12.1 Å². The summed E-state index contributed by atoms with van der Waals surface area (Å²) in [6.45, 7) is 2.81. The second kappa shape index (κ2) is 8.96. The standard InChI is InChI=1S/C20H24FN3OS/c1-25-16-10-8-15(9-11-16)19(24-12-4-5-13-24)14-22-20(26)23-18-7-3-2-6-17(18)21/h2-3,6-11,19H,4-5,12-14H2,1H3,(H2,22,23,26)/t19-/m1/s1. The molecule has 1 saturated heterocycles. The molecule has 2 aromatic rings. The van der Waals surface area contributed by atoms with Crippen LogP contribution in [0, 0.1) is 5.82 Å². The van der Waals surface area contributed by atoms with Crippen molar-refractivity contribution in [2.75, 3.05) is 32.1 Å². The molecule has 0 bridgehead atoms. The molecule has 1 atom stereocenters. The van der Waals surface area contributed by atoms with Gasteiger partial charge >= 0.3 is 0 Å². The van der Waals surface area contributed by atoms with Crippen LogP contribution in [0.5, 0.6) is 5.75 Å². The van der Waals surface area contributed by atoms with Crippen molar-refractivity contribution >= 4 is 23.0 Å². The highest BCUT2D eigenvalue weighted by Gasteiger charge is 2.23. The minimum Gasteiger partial charge on any atom is -0.497 e. The van der Waals surface area contributed by atoms with Gasteiger partial charge in [-0.25, -0.2) is 4.39 Å². The molecule has 1 aliphatic rings. The fourth-order valence-corrected chi connectivity index (χ4v) is 3.45. The molecule has 26 heavy (non-hydrogen) atoms. The van der Waals surface area contributed by atoms with Crippen molar-refractivity contribution in [3.05, 3.63) is 59.9 Å². The Morgan fingerprint density at radius 3 is 2.50 bits per heavy atom. The Bertz CT molecular complexity index is 732. The van der Waals surface area contributed by atoms with E-state index in [2.05, 4.69) is 27.7 Å². The monoisotopic (exact) mass is 373 g/mol. The molecule has 0 radical (unpaired) electrons. The van der Waals surface area contributed by atoms with E-state index in [-0.39, 0.29) is 11.9 Å². The molecular formula is C20H24FN3OS. The third-order valence-electron chi connectivity index (χ3n) is 4.66. The van der Waals surface area contributed by atoms with Crippen molar-refractivity contribution in [2.45, 2.75) is 18.9 Å². The Morgan fingerprint density at radius 1 is 1.15 bits per heavy atom. The Hall–Kier alpha value is -2.18. The minimum absolute atomic E-state index is 0.212. The van der Waals surface area contributed by atoms with Crippen LogP contribution in [0.4, 0.5) is 10.1 Å². The number of nitrogens with one attached hydrogen (secondary N) is 2. The van der Waals surface area contributed by atoms with Gasteiger partial charge in [-0.3, -0.25) is 4.90 Å². The Morgan fingerprint density at radius 2 is 1.85 bits per heavy atom. The van der Waals surface area contributed by atoms with Gasteiger partial charge in [-0.05, 0) is 68.0 Å². The highest BCUT2D eigenvalue weighted by atomic mass is 32.1. The summed E-state index contributed by atoms with van der Waals surface area (Å²) in [4.78, 5) is 2.46. The molecule has 0 spiro atoms. The van der Waals surface area contributed by atoms with Crippen LogP contribution < -0.4 is 15.4 Å². The van der Waals surface area contributed by atoms with Crippen LogP contribution in [-0.2, 0) is 0 Å². The third-order valence-corrected chi connectivity index (χ3v) is 4.91. The van der Waals surface area contributed by atoms with Gasteiger partial charge < -0.3 is 15.4 Å². The topological polar surface area (TPSA) is 36.5 Å². The zero-order valence-corrected chi connectivity index (χ0v) is 15.7. The number of rotatable bonds is 6. The first-order chi connectivity index (χ1) is 12.7. The molecular weight excluding hydrogens is 349 g/mol. The van der Waals surface area contributed by atoms with E-state index in [0.717, 1.165) is 18.8 Å².